The maximum atomic E-state index is 13.8. The molecule has 6 nitrogen and oxygen atoms in total. The SMILES string of the molecule is COC(=O)C1C(C)=NC(C)=C(C(=O)OC[C@@H]2CCCO2)[C@@H]1c1ccccc1C(F)(F)F. The number of ether oxygens (including phenoxy) is 3. The molecule has 9 heteroatoms. The van der Waals surface area contributed by atoms with Crippen molar-refractivity contribution >= 4 is 17.7 Å². The molecule has 1 unspecified atom stereocenters. The summed E-state index contributed by atoms with van der Waals surface area (Å²) in [5.41, 5.74) is -0.751. The van der Waals surface area contributed by atoms with Gasteiger partial charge in [0.15, 0.2) is 0 Å². The zero-order valence-electron chi connectivity index (χ0n) is 17.5. The van der Waals surface area contributed by atoms with Crippen LogP contribution in [0.3, 0.4) is 0 Å². The molecule has 2 aliphatic rings. The number of alkyl halides is 3. The summed E-state index contributed by atoms with van der Waals surface area (Å²) in [6.07, 6.45) is -3.36. The van der Waals surface area contributed by atoms with Crippen LogP contribution in [0.25, 0.3) is 0 Å². The van der Waals surface area contributed by atoms with Crippen molar-refractivity contribution in [1.29, 1.82) is 0 Å². The third-order valence-electron chi connectivity index (χ3n) is 5.53. The van der Waals surface area contributed by atoms with Crippen LogP contribution in [-0.4, -0.2) is 44.1 Å². The Morgan fingerprint density at radius 1 is 1.23 bits per heavy atom. The second-order valence-electron chi connectivity index (χ2n) is 7.55. The molecule has 0 aromatic heterocycles. The van der Waals surface area contributed by atoms with Gasteiger partial charge in [0.05, 0.1) is 24.4 Å². The van der Waals surface area contributed by atoms with Crippen molar-refractivity contribution in [3.8, 4) is 0 Å². The predicted molar refractivity (Wildman–Crippen MR) is 105 cm³/mol. The Balaban J connectivity index is 2.08. The van der Waals surface area contributed by atoms with Gasteiger partial charge in [0.1, 0.15) is 12.5 Å². The third-order valence-corrected chi connectivity index (χ3v) is 5.53. The number of aliphatic imine (C=N–C) groups is 1. The quantitative estimate of drug-likeness (QED) is 0.648. The molecular formula is C22H24F3NO5. The number of esters is 2. The summed E-state index contributed by atoms with van der Waals surface area (Å²) in [7, 11) is 1.14. The van der Waals surface area contributed by atoms with E-state index in [0.29, 0.717) is 6.61 Å². The number of halogens is 3. The van der Waals surface area contributed by atoms with Crippen LogP contribution in [0, 0.1) is 5.92 Å². The molecule has 3 rings (SSSR count). The second kappa shape index (κ2) is 9.21. The summed E-state index contributed by atoms with van der Waals surface area (Å²) in [4.78, 5) is 29.9. The summed E-state index contributed by atoms with van der Waals surface area (Å²) >= 11 is 0. The summed E-state index contributed by atoms with van der Waals surface area (Å²) in [6, 6.07) is 4.89. The van der Waals surface area contributed by atoms with Crippen molar-refractivity contribution in [3.05, 3.63) is 46.7 Å². The average molecular weight is 439 g/mol. The molecule has 2 heterocycles. The largest absolute Gasteiger partial charge is 0.468 e. The van der Waals surface area contributed by atoms with E-state index in [1.54, 1.807) is 0 Å². The summed E-state index contributed by atoms with van der Waals surface area (Å²) in [6.45, 7) is 3.60. The lowest BCUT2D eigenvalue weighted by atomic mass is 9.74. The Morgan fingerprint density at radius 3 is 2.55 bits per heavy atom. The first-order valence-electron chi connectivity index (χ1n) is 9.93. The van der Waals surface area contributed by atoms with Crippen LogP contribution >= 0.6 is 0 Å². The molecule has 0 radical (unpaired) electrons. The molecule has 0 saturated carbocycles. The lowest BCUT2D eigenvalue weighted by molar-refractivity contribution is -0.146. The molecule has 31 heavy (non-hydrogen) atoms. The lowest BCUT2D eigenvalue weighted by Gasteiger charge is -2.32. The van der Waals surface area contributed by atoms with E-state index in [0.717, 1.165) is 26.0 Å². The molecule has 1 aromatic rings. The summed E-state index contributed by atoms with van der Waals surface area (Å²) < 4.78 is 57.1. The number of hydrogen-bond donors (Lipinski definition) is 0. The van der Waals surface area contributed by atoms with Crippen molar-refractivity contribution in [2.75, 3.05) is 20.3 Å². The highest BCUT2D eigenvalue weighted by molar-refractivity contribution is 6.07. The Bertz CT molecular complexity index is 916. The van der Waals surface area contributed by atoms with Crippen molar-refractivity contribution in [1.82, 2.24) is 0 Å². The van der Waals surface area contributed by atoms with E-state index < -0.39 is 35.5 Å². The fourth-order valence-electron chi connectivity index (χ4n) is 4.12. The van der Waals surface area contributed by atoms with Crippen molar-refractivity contribution in [2.45, 2.75) is 44.9 Å². The van der Waals surface area contributed by atoms with E-state index in [1.807, 2.05) is 0 Å². The molecule has 1 saturated heterocycles. The minimum atomic E-state index is -4.68. The molecule has 1 fully saturated rings. The molecule has 0 amide bonds. The molecule has 3 atom stereocenters. The number of allylic oxidation sites excluding steroid dienone is 1. The molecule has 0 aliphatic carbocycles. The number of rotatable bonds is 5. The van der Waals surface area contributed by atoms with E-state index >= 15 is 0 Å². The zero-order valence-corrected chi connectivity index (χ0v) is 17.5. The fourth-order valence-corrected chi connectivity index (χ4v) is 4.12. The molecule has 0 spiro atoms. The van der Waals surface area contributed by atoms with Crippen LogP contribution in [-0.2, 0) is 30.0 Å². The highest BCUT2D eigenvalue weighted by Crippen LogP contribution is 2.44. The fraction of sp³-hybridized carbons (Fsp3) is 0.500. The molecule has 0 bridgehead atoms. The van der Waals surface area contributed by atoms with Gasteiger partial charge in [-0.2, -0.15) is 13.2 Å². The van der Waals surface area contributed by atoms with Gasteiger partial charge in [-0.1, -0.05) is 18.2 Å². The molecule has 1 aromatic carbocycles. The van der Waals surface area contributed by atoms with Gasteiger partial charge in [-0.3, -0.25) is 9.79 Å². The van der Waals surface area contributed by atoms with Crippen molar-refractivity contribution in [3.63, 3.8) is 0 Å². The van der Waals surface area contributed by atoms with Gasteiger partial charge < -0.3 is 14.2 Å². The van der Waals surface area contributed by atoms with Gasteiger partial charge in [0.25, 0.3) is 0 Å². The summed E-state index contributed by atoms with van der Waals surface area (Å²) in [5, 5.41) is 0. The normalized spacial score (nSPS) is 24.1. The van der Waals surface area contributed by atoms with Crippen LogP contribution in [0.15, 0.2) is 40.5 Å². The maximum absolute atomic E-state index is 13.8. The Hall–Kier alpha value is -2.68. The first-order valence-corrected chi connectivity index (χ1v) is 9.93. The van der Waals surface area contributed by atoms with Crippen LogP contribution < -0.4 is 0 Å². The highest BCUT2D eigenvalue weighted by atomic mass is 19.4. The lowest BCUT2D eigenvalue weighted by Crippen LogP contribution is -2.37. The topological polar surface area (TPSA) is 74.2 Å². The molecular weight excluding hydrogens is 415 g/mol. The number of hydrogen-bond acceptors (Lipinski definition) is 6. The van der Waals surface area contributed by atoms with E-state index in [1.165, 1.54) is 32.0 Å². The zero-order chi connectivity index (χ0) is 22.8. The van der Waals surface area contributed by atoms with Gasteiger partial charge in [0.2, 0.25) is 0 Å². The number of carbonyl (C=O) groups is 2. The van der Waals surface area contributed by atoms with E-state index in [4.69, 9.17) is 14.2 Å². The molecule has 168 valence electrons. The van der Waals surface area contributed by atoms with Gasteiger partial charge in [-0.25, -0.2) is 4.79 Å². The Labute approximate surface area is 178 Å². The third kappa shape index (κ3) is 4.81. The van der Waals surface area contributed by atoms with Crippen LogP contribution in [0.4, 0.5) is 13.2 Å². The highest BCUT2D eigenvalue weighted by Gasteiger charge is 2.46. The monoisotopic (exact) mass is 439 g/mol. The van der Waals surface area contributed by atoms with Crippen molar-refractivity contribution < 1.29 is 37.0 Å². The van der Waals surface area contributed by atoms with Crippen LogP contribution in [0.5, 0.6) is 0 Å². The Morgan fingerprint density at radius 2 is 1.94 bits per heavy atom. The van der Waals surface area contributed by atoms with Gasteiger partial charge >= 0.3 is 18.1 Å². The first-order chi connectivity index (χ1) is 14.6. The number of nitrogens with zero attached hydrogens (tertiary/aromatic N) is 1. The van der Waals surface area contributed by atoms with E-state index in [9.17, 15) is 22.8 Å². The Kier molecular flexibility index (Phi) is 6.83. The molecule has 2 aliphatic heterocycles. The number of benzene rings is 1. The van der Waals surface area contributed by atoms with Crippen molar-refractivity contribution in [2.24, 2.45) is 10.9 Å². The number of carbonyl (C=O) groups excluding carboxylic acids is 2. The first kappa shape index (κ1) is 23.0. The maximum Gasteiger partial charge on any atom is 0.416 e. The average Bonchev–Trinajstić information content (AvgIpc) is 3.24. The van der Waals surface area contributed by atoms with E-state index in [2.05, 4.69) is 4.99 Å². The molecule has 0 N–H and O–H groups in total. The smallest absolute Gasteiger partial charge is 0.416 e. The van der Waals surface area contributed by atoms with Crippen LogP contribution in [0.1, 0.15) is 43.7 Å². The van der Waals surface area contributed by atoms with Gasteiger partial charge in [0, 0.05) is 23.9 Å². The number of methoxy groups -OCH3 is 1. The minimum Gasteiger partial charge on any atom is -0.468 e. The standard InChI is InChI=1S/C22H24F3NO5/c1-12-17(20(27)29-3)19(15-8-4-5-9-16(15)22(23,24)25)18(13(2)26-12)21(28)31-11-14-7-6-10-30-14/h4-5,8-9,14,17,19H,6-7,10-11H2,1-3H3/t14-,17?,19+/m0/s1. The van der Waals surface area contributed by atoms with Gasteiger partial charge in [-0.15, -0.1) is 0 Å². The minimum absolute atomic E-state index is 0.0190. The van der Waals surface area contributed by atoms with E-state index in [-0.39, 0.29) is 35.3 Å². The van der Waals surface area contributed by atoms with Crippen LogP contribution in [0.2, 0.25) is 0 Å². The summed E-state index contributed by atoms with van der Waals surface area (Å²) in [5.74, 6) is -4.04. The van der Waals surface area contributed by atoms with Gasteiger partial charge in [-0.05, 0) is 38.3 Å². The second-order valence-corrected chi connectivity index (χ2v) is 7.55. The predicted octanol–water partition coefficient (Wildman–Crippen LogP) is 4.05.